The minimum atomic E-state index is 0.199. The number of ketones is 1. The summed E-state index contributed by atoms with van der Waals surface area (Å²) in [6.45, 7) is 2.23. The molecule has 4 heteroatoms. The van der Waals surface area contributed by atoms with Gasteiger partial charge < -0.3 is 9.88 Å². The van der Waals surface area contributed by atoms with Crippen LogP contribution < -0.4 is 5.32 Å². The minimum Gasteiger partial charge on any atom is -0.328 e. The van der Waals surface area contributed by atoms with Gasteiger partial charge in [-0.3, -0.25) is 4.79 Å². The normalized spacial score (nSPS) is 22.8. The Hall–Kier alpha value is -2.46. The van der Waals surface area contributed by atoms with Gasteiger partial charge in [0, 0.05) is 36.9 Å². The Bertz CT molecular complexity index is 1130. The van der Waals surface area contributed by atoms with Gasteiger partial charge in [0.05, 0.1) is 11.0 Å². The zero-order valence-electron chi connectivity index (χ0n) is 18.1. The zero-order valence-corrected chi connectivity index (χ0v) is 18.1. The molecule has 3 aromatic rings. The lowest BCUT2D eigenvalue weighted by Crippen LogP contribution is -2.20. The molecule has 4 nitrogen and oxygen atoms in total. The van der Waals surface area contributed by atoms with Gasteiger partial charge in [-0.25, -0.2) is 4.98 Å². The summed E-state index contributed by atoms with van der Waals surface area (Å²) in [5.41, 5.74) is 5.47. The number of carbonyl (C=O) groups excluding carboxylic acids is 1. The predicted octanol–water partition coefficient (Wildman–Crippen LogP) is 5.04. The summed E-state index contributed by atoms with van der Waals surface area (Å²) >= 11 is 0. The van der Waals surface area contributed by atoms with Crippen LogP contribution in [0.15, 0.2) is 42.5 Å². The molecular formula is C27H31N3O. The van der Waals surface area contributed by atoms with Gasteiger partial charge in [0.25, 0.3) is 0 Å². The molecule has 31 heavy (non-hydrogen) atoms. The second-order valence-electron chi connectivity index (χ2n) is 9.84. The standard InChI is InChI=1S/C27H31N3O/c31-26(21-6-4-5-20(15-21)22-16-23(22)28-17-18-8-9-18)14-19-10-11-25-24(13-19)29-27-7-2-1-3-12-30(25)27/h4-6,10-11,13,15,18,22-23,28H,1-3,7-9,12,14,16-17H2. The molecule has 160 valence electrons. The van der Waals surface area contributed by atoms with Gasteiger partial charge in [0.2, 0.25) is 0 Å². The molecule has 1 N–H and O–H groups in total. The Morgan fingerprint density at radius 3 is 2.94 bits per heavy atom. The van der Waals surface area contributed by atoms with Crippen molar-refractivity contribution in [3.63, 3.8) is 0 Å². The zero-order chi connectivity index (χ0) is 20.8. The van der Waals surface area contributed by atoms with Crippen molar-refractivity contribution in [2.24, 2.45) is 5.92 Å². The molecule has 0 spiro atoms. The van der Waals surface area contributed by atoms with Crippen LogP contribution in [-0.2, 0) is 19.4 Å². The number of nitrogens with one attached hydrogen (secondary N) is 1. The third kappa shape index (κ3) is 4.06. The topological polar surface area (TPSA) is 46.9 Å². The fraction of sp³-hybridized carbons (Fsp3) is 0.481. The summed E-state index contributed by atoms with van der Waals surface area (Å²) in [6.07, 6.45) is 9.23. The number of hydrogen-bond donors (Lipinski definition) is 1. The molecule has 0 radical (unpaired) electrons. The van der Waals surface area contributed by atoms with Crippen LogP contribution in [0.4, 0.5) is 0 Å². The van der Waals surface area contributed by atoms with Crippen LogP contribution in [0.25, 0.3) is 11.0 Å². The van der Waals surface area contributed by atoms with E-state index in [4.69, 9.17) is 4.98 Å². The van der Waals surface area contributed by atoms with Crippen molar-refractivity contribution < 1.29 is 4.79 Å². The van der Waals surface area contributed by atoms with E-state index in [0.29, 0.717) is 18.4 Å². The fourth-order valence-electron chi connectivity index (χ4n) is 5.16. The number of aryl methyl sites for hydroxylation is 2. The van der Waals surface area contributed by atoms with Crippen molar-refractivity contribution in [1.29, 1.82) is 0 Å². The van der Waals surface area contributed by atoms with Gasteiger partial charge in [0.15, 0.2) is 5.78 Å². The number of aromatic nitrogens is 2. The molecule has 2 atom stereocenters. The van der Waals surface area contributed by atoms with Crippen molar-refractivity contribution in [3.05, 3.63) is 65.0 Å². The summed E-state index contributed by atoms with van der Waals surface area (Å²) in [6, 6.07) is 15.3. The molecule has 2 heterocycles. The second-order valence-corrected chi connectivity index (χ2v) is 9.84. The van der Waals surface area contributed by atoms with E-state index in [1.54, 1.807) is 0 Å². The molecular weight excluding hydrogens is 382 g/mol. The highest BCUT2D eigenvalue weighted by atomic mass is 16.1. The molecule has 3 aliphatic rings. The van der Waals surface area contributed by atoms with E-state index in [1.807, 2.05) is 6.07 Å². The summed E-state index contributed by atoms with van der Waals surface area (Å²) in [5, 5.41) is 3.70. The molecule has 6 rings (SSSR count). The van der Waals surface area contributed by atoms with Crippen molar-refractivity contribution in [2.45, 2.75) is 69.9 Å². The lowest BCUT2D eigenvalue weighted by molar-refractivity contribution is 0.0993. The van der Waals surface area contributed by atoms with Crippen LogP contribution in [0.1, 0.15) is 71.8 Å². The number of benzene rings is 2. The molecule has 2 saturated carbocycles. The van der Waals surface area contributed by atoms with E-state index in [2.05, 4.69) is 46.3 Å². The van der Waals surface area contributed by atoms with Gasteiger partial charge in [-0.2, -0.15) is 0 Å². The Kier molecular flexibility index (Phi) is 4.91. The number of nitrogens with zero attached hydrogens (tertiary/aromatic N) is 2. The van der Waals surface area contributed by atoms with Crippen LogP contribution in [0.3, 0.4) is 0 Å². The molecule has 1 aromatic heterocycles. The minimum absolute atomic E-state index is 0.199. The smallest absolute Gasteiger partial charge is 0.167 e. The lowest BCUT2D eigenvalue weighted by atomic mass is 9.99. The molecule has 2 aliphatic carbocycles. The van der Waals surface area contributed by atoms with Gasteiger partial charge in [-0.05, 0) is 73.9 Å². The molecule has 0 saturated heterocycles. The van der Waals surface area contributed by atoms with Crippen LogP contribution in [0.5, 0.6) is 0 Å². The maximum absolute atomic E-state index is 13.0. The average Bonchev–Trinajstić information content (AvgIpc) is 3.69. The first-order valence-corrected chi connectivity index (χ1v) is 12.1. The maximum atomic E-state index is 13.0. The lowest BCUT2D eigenvalue weighted by Gasteiger charge is -2.07. The van der Waals surface area contributed by atoms with Gasteiger partial charge in [0.1, 0.15) is 5.82 Å². The van der Waals surface area contributed by atoms with Crippen molar-refractivity contribution in [2.75, 3.05) is 6.54 Å². The van der Waals surface area contributed by atoms with Crippen molar-refractivity contribution in [3.8, 4) is 0 Å². The highest BCUT2D eigenvalue weighted by molar-refractivity contribution is 5.98. The fourth-order valence-corrected chi connectivity index (χ4v) is 5.16. The molecule has 2 fully saturated rings. The van der Waals surface area contributed by atoms with E-state index in [0.717, 1.165) is 35.5 Å². The molecule has 1 aliphatic heterocycles. The van der Waals surface area contributed by atoms with E-state index < -0.39 is 0 Å². The van der Waals surface area contributed by atoms with E-state index in [9.17, 15) is 4.79 Å². The SMILES string of the molecule is O=C(Cc1ccc2c(c1)nc1n2CCCCC1)c1cccc(C2CC2NCC2CC2)c1. The maximum Gasteiger partial charge on any atom is 0.167 e. The van der Waals surface area contributed by atoms with Gasteiger partial charge in [-0.15, -0.1) is 0 Å². The summed E-state index contributed by atoms with van der Waals surface area (Å²) < 4.78 is 2.38. The van der Waals surface area contributed by atoms with E-state index in [1.165, 1.54) is 62.0 Å². The highest BCUT2D eigenvalue weighted by Gasteiger charge is 2.39. The third-order valence-corrected chi connectivity index (χ3v) is 7.33. The Labute approximate surface area is 184 Å². The van der Waals surface area contributed by atoms with E-state index >= 15 is 0 Å². The largest absolute Gasteiger partial charge is 0.328 e. The van der Waals surface area contributed by atoms with Crippen molar-refractivity contribution >= 4 is 16.8 Å². The average molecular weight is 414 g/mol. The number of fused-ring (bicyclic) bond motifs is 3. The first-order chi connectivity index (χ1) is 15.2. The number of carbonyl (C=O) groups is 1. The number of rotatable bonds is 7. The van der Waals surface area contributed by atoms with Crippen LogP contribution >= 0.6 is 0 Å². The van der Waals surface area contributed by atoms with Crippen molar-refractivity contribution in [1.82, 2.24) is 14.9 Å². The molecule has 0 bridgehead atoms. The Morgan fingerprint density at radius 1 is 1.10 bits per heavy atom. The quantitative estimate of drug-likeness (QED) is 0.552. The molecule has 0 amide bonds. The number of imidazole rings is 1. The Balaban J connectivity index is 1.15. The molecule has 2 aromatic carbocycles. The number of Topliss-reactive ketones (excluding diaryl/α,β-unsaturated/α-hetero) is 1. The first-order valence-electron chi connectivity index (χ1n) is 12.1. The Morgan fingerprint density at radius 2 is 2.03 bits per heavy atom. The van der Waals surface area contributed by atoms with Crippen LogP contribution in [0.2, 0.25) is 0 Å². The molecule has 2 unspecified atom stereocenters. The first kappa shape index (κ1) is 19.2. The predicted molar refractivity (Wildman–Crippen MR) is 124 cm³/mol. The highest BCUT2D eigenvalue weighted by Crippen LogP contribution is 2.42. The monoisotopic (exact) mass is 413 g/mol. The summed E-state index contributed by atoms with van der Waals surface area (Å²) in [5.74, 6) is 2.89. The van der Waals surface area contributed by atoms with Gasteiger partial charge in [-0.1, -0.05) is 30.7 Å². The third-order valence-electron chi connectivity index (χ3n) is 7.33. The second kappa shape index (κ2) is 7.90. The summed E-state index contributed by atoms with van der Waals surface area (Å²) in [7, 11) is 0. The van der Waals surface area contributed by atoms with Crippen LogP contribution in [-0.4, -0.2) is 27.9 Å². The van der Waals surface area contributed by atoms with Crippen LogP contribution in [0, 0.1) is 5.92 Å². The van der Waals surface area contributed by atoms with E-state index in [-0.39, 0.29) is 5.78 Å². The number of hydrogen-bond acceptors (Lipinski definition) is 3. The van der Waals surface area contributed by atoms with Gasteiger partial charge >= 0.3 is 0 Å². The summed E-state index contributed by atoms with van der Waals surface area (Å²) in [4.78, 5) is 17.9.